The van der Waals surface area contributed by atoms with Gasteiger partial charge in [-0.2, -0.15) is 0 Å². The maximum Gasteiger partial charge on any atom is 0.253 e. The average Bonchev–Trinajstić information content (AvgIpc) is 3.22. The van der Waals surface area contributed by atoms with Crippen molar-refractivity contribution in [3.05, 3.63) is 83.0 Å². The minimum Gasteiger partial charge on any atom is -0.486 e. The van der Waals surface area contributed by atoms with Crippen LogP contribution in [0.5, 0.6) is 11.5 Å². The van der Waals surface area contributed by atoms with Crippen LogP contribution in [0, 0.1) is 6.92 Å². The van der Waals surface area contributed by atoms with E-state index in [2.05, 4.69) is 20.5 Å². The fourth-order valence-corrected chi connectivity index (χ4v) is 5.99. The number of nitrogens with zero attached hydrogens (tertiary/aromatic N) is 2. The van der Waals surface area contributed by atoms with Crippen molar-refractivity contribution in [2.45, 2.75) is 57.3 Å². The van der Waals surface area contributed by atoms with E-state index in [4.69, 9.17) is 9.47 Å². The molecule has 4 heterocycles. The molecule has 2 bridgehead atoms. The van der Waals surface area contributed by atoms with Crippen molar-refractivity contribution < 1.29 is 19.1 Å². The Morgan fingerprint density at radius 3 is 2.45 bits per heavy atom. The third-order valence-corrected chi connectivity index (χ3v) is 7.84. The van der Waals surface area contributed by atoms with Crippen LogP contribution in [0.15, 0.2) is 60.8 Å². The van der Waals surface area contributed by atoms with E-state index >= 15 is 0 Å². The molecule has 3 aliphatic rings. The average molecular weight is 513 g/mol. The van der Waals surface area contributed by atoms with Gasteiger partial charge in [-0.1, -0.05) is 30.3 Å². The fourth-order valence-electron chi connectivity index (χ4n) is 5.99. The first-order valence-electron chi connectivity index (χ1n) is 13.3. The molecule has 0 spiro atoms. The lowest BCUT2D eigenvalue weighted by atomic mass is 9.96. The molecule has 8 heteroatoms. The number of aromatic nitrogens is 1. The summed E-state index contributed by atoms with van der Waals surface area (Å²) < 4.78 is 11.4. The molecule has 3 aromatic rings. The predicted molar refractivity (Wildman–Crippen MR) is 144 cm³/mol. The van der Waals surface area contributed by atoms with E-state index < -0.39 is 0 Å². The zero-order valence-corrected chi connectivity index (χ0v) is 21.5. The largest absolute Gasteiger partial charge is 0.486 e. The maximum absolute atomic E-state index is 13.2. The molecule has 8 nitrogen and oxygen atoms in total. The van der Waals surface area contributed by atoms with Gasteiger partial charge in [-0.25, -0.2) is 4.98 Å². The van der Waals surface area contributed by atoms with Gasteiger partial charge in [0.25, 0.3) is 11.8 Å². The van der Waals surface area contributed by atoms with Crippen LogP contribution in [0.3, 0.4) is 0 Å². The predicted octanol–water partition coefficient (Wildman–Crippen LogP) is 4.02. The highest BCUT2D eigenvalue weighted by Crippen LogP contribution is 2.39. The van der Waals surface area contributed by atoms with E-state index in [0.717, 1.165) is 42.6 Å². The molecule has 196 valence electrons. The molecule has 2 saturated heterocycles. The summed E-state index contributed by atoms with van der Waals surface area (Å²) in [7, 11) is 0. The summed E-state index contributed by atoms with van der Waals surface area (Å²) in [6.07, 6.45) is 5.54. The number of piperidine rings is 1. The zero-order valence-electron chi connectivity index (χ0n) is 21.5. The Morgan fingerprint density at radius 2 is 1.71 bits per heavy atom. The second-order valence-electron chi connectivity index (χ2n) is 10.3. The first-order valence-corrected chi connectivity index (χ1v) is 13.3. The minimum absolute atomic E-state index is 0.0682. The van der Waals surface area contributed by atoms with Gasteiger partial charge in [-0.05, 0) is 62.4 Å². The number of carbonyl (C=O) groups is 2. The van der Waals surface area contributed by atoms with Crippen molar-refractivity contribution >= 4 is 17.6 Å². The lowest BCUT2D eigenvalue weighted by Crippen LogP contribution is -2.50. The number of hydrogen-bond acceptors (Lipinski definition) is 6. The normalized spacial score (nSPS) is 21.6. The summed E-state index contributed by atoms with van der Waals surface area (Å²) in [4.78, 5) is 32.8. The molecule has 2 amide bonds. The van der Waals surface area contributed by atoms with Gasteiger partial charge in [0.05, 0.1) is 5.56 Å². The third kappa shape index (κ3) is 4.78. The summed E-state index contributed by atoms with van der Waals surface area (Å²) in [5.41, 5.74) is 3.05. The van der Waals surface area contributed by atoms with Crippen LogP contribution in [0.2, 0.25) is 0 Å². The summed E-state index contributed by atoms with van der Waals surface area (Å²) in [5.74, 6) is 2.06. The van der Waals surface area contributed by atoms with E-state index in [-0.39, 0.29) is 17.9 Å². The number of carbonyl (C=O) groups excluding carboxylic acids is 2. The number of nitrogens with one attached hydrogen (secondary N) is 2. The van der Waals surface area contributed by atoms with Gasteiger partial charge < -0.3 is 25.0 Å². The van der Waals surface area contributed by atoms with Crippen molar-refractivity contribution in [2.75, 3.05) is 18.1 Å². The Balaban J connectivity index is 1.08. The van der Waals surface area contributed by atoms with Crippen molar-refractivity contribution in [2.24, 2.45) is 0 Å². The number of pyridine rings is 1. The highest BCUT2D eigenvalue weighted by Gasteiger charge is 2.42. The van der Waals surface area contributed by atoms with Crippen LogP contribution in [-0.2, 0) is 6.54 Å². The van der Waals surface area contributed by atoms with E-state index in [1.165, 1.54) is 0 Å². The number of rotatable bonds is 6. The zero-order chi connectivity index (χ0) is 26.1. The minimum atomic E-state index is -0.133. The Labute approximate surface area is 222 Å². The van der Waals surface area contributed by atoms with E-state index in [0.29, 0.717) is 54.5 Å². The quantitative estimate of drug-likeness (QED) is 0.518. The molecule has 6 rings (SSSR count). The van der Waals surface area contributed by atoms with Gasteiger partial charge >= 0.3 is 0 Å². The summed E-state index contributed by atoms with van der Waals surface area (Å²) in [6, 6.07) is 18.0. The van der Waals surface area contributed by atoms with Gasteiger partial charge in [0, 0.05) is 42.0 Å². The third-order valence-electron chi connectivity index (χ3n) is 7.84. The number of ether oxygens (including phenoxy) is 2. The summed E-state index contributed by atoms with van der Waals surface area (Å²) in [6.45, 7) is 3.41. The Bertz CT molecular complexity index is 1310. The SMILES string of the molecule is Cc1c(C(=O)NC2CC3CCC(C2)N3c2ccc(C(=O)NCc3ccccc3)cn2)ccc2c1OCCO2. The molecule has 2 unspecified atom stereocenters. The number of fused-ring (bicyclic) bond motifs is 3. The summed E-state index contributed by atoms with van der Waals surface area (Å²) in [5, 5.41) is 6.23. The van der Waals surface area contributed by atoms with E-state index in [9.17, 15) is 9.59 Å². The van der Waals surface area contributed by atoms with Crippen molar-refractivity contribution in [3.8, 4) is 11.5 Å². The second-order valence-corrected chi connectivity index (χ2v) is 10.3. The van der Waals surface area contributed by atoms with E-state index in [1.807, 2.05) is 61.5 Å². The molecule has 2 aromatic carbocycles. The molecule has 2 fully saturated rings. The fraction of sp³-hybridized carbons (Fsp3) is 0.367. The molecular weight excluding hydrogens is 480 g/mol. The number of hydrogen-bond donors (Lipinski definition) is 2. The molecule has 0 aliphatic carbocycles. The topological polar surface area (TPSA) is 92.8 Å². The molecule has 2 N–H and O–H groups in total. The molecule has 2 atom stereocenters. The molecule has 38 heavy (non-hydrogen) atoms. The number of anilines is 1. The first kappa shape index (κ1) is 24.3. The van der Waals surface area contributed by atoms with Crippen LogP contribution in [-0.4, -0.2) is 48.1 Å². The smallest absolute Gasteiger partial charge is 0.253 e. The monoisotopic (exact) mass is 512 g/mol. The molecule has 3 aliphatic heterocycles. The Hall–Kier alpha value is -4.07. The van der Waals surface area contributed by atoms with Crippen LogP contribution in [0.25, 0.3) is 0 Å². The van der Waals surface area contributed by atoms with Gasteiger partial charge in [0.1, 0.15) is 19.0 Å². The van der Waals surface area contributed by atoms with Gasteiger partial charge in [0.15, 0.2) is 11.5 Å². The number of benzene rings is 2. The lowest BCUT2D eigenvalue weighted by molar-refractivity contribution is 0.0922. The van der Waals surface area contributed by atoms with Gasteiger partial charge in [-0.15, -0.1) is 0 Å². The lowest BCUT2D eigenvalue weighted by Gasteiger charge is -2.40. The first-order chi connectivity index (χ1) is 18.6. The van der Waals surface area contributed by atoms with Crippen molar-refractivity contribution in [1.29, 1.82) is 0 Å². The number of amides is 2. The molecule has 1 aromatic heterocycles. The van der Waals surface area contributed by atoms with Gasteiger partial charge in [-0.3, -0.25) is 9.59 Å². The Kier molecular flexibility index (Phi) is 6.62. The van der Waals surface area contributed by atoms with E-state index in [1.54, 1.807) is 6.20 Å². The molecular formula is C30H32N4O4. The summed E-state index contributed by atoms with van der Waals surface area (Å²) >= 11 is 0. The highest BCUT2D eigenvalue weighted by atomic mass is 16.6. The van der Waals surface area contributed by atoms with Crippen molar-refractivity contribution in [3.63, 3.8) is 0 Å². The molecule has 0 saturated carbocycles. The van der Waals surface area contributed by atoms with Crippen molar-refractivity contribution in [1.82, 2.24) is 15.6 Å². The van der Waals surface area contributed by atoms with Crippen LogP contribution < -0.4 is 25.0 Å². The molecule has 0 radical (unpaired) electrons. The van der Waals surface area contributed by atoms with Crippen LogP contribution in [0.4, 0.5) is 5.82 Å². The van der Waals surface area contributed by atoms with Crippen LogP contribution >= 0.6 is 0 Å². The van der Waals surface area contributed by atoms with Crippen LogP contribution in [0.1, 0.15) is 57.5 Å². The Morgan fingerprint density at radius 1 is 0.947 bits per heavy atom. The highest BCUT2D eigenvalue weighted by molar-refractivity contribution is 5.97. The van der Waals surface area contributed by atoms with Gasteiger partial charge in [0.2, 0.25) is 0 Å². The maximum atomic E-state index is 13.2. The standard InChI is InChI=1S/C30H32N4O4/c1-19-25(10-11-26-28(19)38-14-13-37-26)30(36)33-22-15-23-8-9-24(16-22)34(23)27-12-7-21(18-31-27)29(35)32-17-20-5-3-2-4-6-20/h2-7,10-12,18,22-24H,8-9,13-17H2,1H3,(H,32,35)(H,33,36). The second kappa shape index (κ2) is 10.4.